The van der Waals surface area contributed by atoms with E-state index < -0.39 is 23.1 Å². The molecule has 23 heavy (non-hydrogen) atoms. The first kappa shape index (κ1) is 18.4. The molecule has 0 aliphatic carbocycles. The number of ether oxygens (including phenoxy) is 1. The molecular formula is C13H16N4O6. The summed E-state index contributed by atoms with van der Waals surface area (Å²) in [5.41, 5.74) is 7.83. The number of hydrogen-bond donors (Lipinski definition) is 2. The number of aliphatic hydroxyl groups is 2. The number of carbonyl (C=O) groups excluding carboxylic acids is 1. The van der Waals surface area contributed by atoms with Crippen molar-refractivity contribution in [3.8, 4) is 0 Å². The molecule has 1 aromatic carbocycles. The topological polar surface area (TPSA) is 159 Å². The Labute approximate surface area is 131 Å². The van der Waals surface area contributed by atoms with Gasteiger partial charge in [0.15, 0.2) is 0 Å². The van der Waals surface area contributed by atoms with E-state index in [1.54, 1.807) is 0 Å². The van der Waals surface area contributed by atoms with Crippen LogP contribution in [0.15, 0.2) is 17.2 Å². The summed E-state index contributed by atoms with van der Waals surface area (Å²) >= 11 is 0. The van der Waals surface area contributed by atoms with Crippen LogP contribution in [-0.4, -0.2) is 40.9 Å². The second-order valence-corrected chi connectivity index (χ2v) is 4.72. The van der Waals surface area contributed by atoms with Crippen molar-refractivity contribution in [2.45, 2.75) is 25.6 Å². The molecular weight excluding hydrogens is 308 g/mol. The monoisotopic (exact) mass is 324 g/mol. The van der Waals surface area contributed by atoms with Crippen LogP contribution in [-0.2, 0) is 4.74 Å². The number of rotatable bonds is 7. The number of carbonyl (C=O) groups is 1. The average molecular weight is 324 g/mol. The van der Waals surface area contributed by atoms with Gasteiger partial charge in [-0.2, -0.15) is 0 Å². The Morgan fingerprint density at radius 1 is 1.52 bits per heavy atom. The Bertz CT molecular complexity index is 656. The van der Waals surface area contributed by atoms with Crippen LogP contribution < -0.4 is 0 Å². The summed E-state index contributed by atoms with van der Waals surface area (Å²) in [5, 5.41) is 34.3. The van der Waals surface area contributed by atoms with Crippen LogP contribution in [0, 0.1) is 17.0 Å². The fourth-order valence-electron chi connectivity index (χ4n) is 2.02. The highest BCUT2D eigenvalue weighted by atomic mass is 16.6. The van der Waals surface area contributed by atoms with Crippen LogP contribution in [0.2, 0.25) is 0 Å². The molecule has 0 bridgehead atoms. The van der Waals surface area contributed by atoms with Gasteiger partial charge >= 0.3 is 5.97 Å². The molecule has 0 aliphatic rings. The van der Waals surface area contributed by atoms with Gasteiger partial charge in [0.25, 0.3) is 5.69 Å². The normalized spacial score (nSPS) is 12.9. The van der Waals surface area contributed by atoms with Gasteiger partial charge in [0.1, 0.15) is 6.10 Å². The van der Waals surface area contributed by atoms with Crippen LogP contribution in [0.4, 0.5) is 5.69 Å². The maximum Gasteiger partial charge on any atom is 0.338 e. The molecule has 1 rings (SSSR count). The minimum absolute atomic E-state index is 0.00358. The van der Waals surface area contributed by atoms with Gasteiger partial charge in [-0.25, -0.2) is 4.79 Å². The Kier molecular flexibility index (Phi) is 6.46. The summed E-state index contributed by atoms with van der Waals surface area (Å²) in [5.74, 6) is -0.789. The first-order valence-electron chi connectivity index (χ1n) is 6.57. The third-order valence-corrected chi connectivity index (χ3v) is 3.30. The summed E-state index contributed by atoms with van der Waals surface area (Å²) < 4.78 is 4.57. The lowest BCUT2D eigenvalue weighted by Crippen LogP contribution is -2.20. The highest BCUT2D eigenvalue weighted by Crippen LogP contribution is 2.29. The molecule has 1 aromatic rings. The van der Waals surface area contributed by atoms with E-state index in [4.69, 9.17) is 5.53 Å². The van der Waals surface area contributed by atoms with Crippen LogP contribution in [0.5, 0.6) is 0 Å². The summed E-state index contributed by atoms with van der Waals surface area (Å²) in [6.45, 7) is 1.34. The molecule has 0 spiro atoms. The molecule has 10 heteroatoms. The molecule has 0 amide bonds. The predicted molar refractivity (Wildman–Crippen MR) is 78.8 cm³/mol. The van der Waals surface area contributed by atoms with Gasteiger partial charge in [0.05, 0.1) is 23.7 Å². The lowest BCUT2D eigenvalue weighted by Gasteiger charge is -2.18. The zero-order chi connectivity index (χ0) is 17.6. The van der Waals surface area contributed by atoms with Gasteiger partial charge in [0, 0.05) is 23.1 Å². The smallest absolute Gasteiger partial charge is 0.338 e. The minimum atomic E-state index is -1.48. The number of nitro benzene ring substituents is 1. The molecule has 0 aliphatic heterocycles. The largest absolute Gasteiger partial charge is 0.465 e. The molecule has 124 valence electrons. The standard InChI is InChI=1S/C13H16N4O6/c1-7-9(13(20)23-2)5-8(6-10(7)17(21)22)12(19)11(18)3-4-15-16-14/h5-6,11-12,18-19H,3-4H2,1-2H3. The van der Waals surface area contributed by atoms with Gasteiger partial charge in [0.2, 0.25) is 0 Å². The maximum absolute atomic E-state index is 11.7. The van der Waals surface area contributed by atoms with Crippen LogP contribution in [0.3, 0.4) is 0 Å². The lowest BCUT2D eigenvalue weighted by atomic mass is 9.96. The lowest BCUT2D eigenvalue weighted by molar-refractivity contribution is -0.385. The Balaban J connectivity index is 3.24. The molecule has 2 atom stereocenters. The number of aliphatic hydroxyl groups excluding tert-OH is 2. The molecule has 0 heterocycles. The minimum Gasteiger partial charge on any atom is -0.465 e. The van der Waals surface area contributed by atoms with Crippen molar-refractivity contribution in [1.29, 1.82) is 0 Å². The second kappa shape index (κ2) is 8.08. The molecule has 2 N–H and O–H groups in total. The predicted octanol–water partition coefficient (Wildman–Crippen LogP) is 1.78. The van der Waals surface area contributed by atoms with E-state index in [1.807, 2.05) is 0 Å². The number of esters is 1. The van der Waals surface area contributed by atoms with Crippen LogP contribution in [0.1, 0.15) is 34.0 Å². The average Bonchev–Trinajstić information content (AvgIpc) is 2.53. The van der Waals surface area contributed by atoms with Crippen molar-refractivity contribution in [3.63, 3.8) is 0 Å². The number of benzene rings is 1. The first-order chi connectivity index (χ1) is 10.8. The van der Waals surface area contributed by atoms with E-state index in [9.17, 15) is 25.1 Å². The summed E-state index contributed by atoms with van der Waals surface area (Å²) in [4.78, 5) is 24.6. The van der Waals surface area contributed by atoms with Crippen molar-refractivity contribution in [2.24, 2.45) is 5.11 Å². The molecule has 0 radical (unpaired) electrons. The van der Waals surface area contributed by atoms with Gasteiger partial charge < -0.3 is 14.9 Å². The van der Waals surface area contributed by atoms with E-state index in [2.05, 4.69) is 14.8 Å². The number of nitrogens with zero attached hydrogens (tertiary/aromatic N) is 4. The number of nitro groups is 1. The summed E-state index contributed by atoms with van der Waals surface area (Å²) in [6.07, 6.45) is -2.83. The SMILES string of the molecule is COC(=O)c1cc(C(O)C(O)CCN=[N+]=[N-])cc([N+](=O)[O-])c1C. The number of azide groups is 1. The molecule has 2 unspecified atom stereocenters. The number of methoxy groups -OCH3 is 1. The second-order valence-electron chi connectivity index (χ2n) is 4.72. The van der Waals surface area contributed by atoms with E-state index in [0.29, 0.717) is 0 Å². The molecule has 0 saturated carbocycles. The van der Waals surface area contributed by atoms with Gasteiger partial charge in [-0.1, -0.05) is 5.11 Å². The third-order valence-electron chi connectivity index (χ3n) is 3.30. The highest BCUT2D eigenvalue weighted by Gasteiger charge is 2.26. The zero-order valence-corrected chi connectivity index (χ0v) is 12.5. The Morgan fingerprint density at radius 2 is 2.17 bits per heavy atom. The fraction of sp³-hybridized carbons (Fsp3) is 0.462. The molecule has 0 fully saturated rings. The highest BCUT2D eigenvalue weighted by molar-refractivity contribution is 5.92. The van der Waals surface area contributed by atoms with E-state index in [0.717, 1.165) is 13.2 Å². The third kappa shape index (κ3) is 4.39. The van der Waals surface area contributed by atoms with Crippen molar-refractivity contribution >= 4 is 11.7 Å². The van der Waals surface area contributed by atoms with Gasteiger partial charge in [-0.3, -0.25) is 10.1 Å². The van der Waals surface area contributed by atoms with E-state index in [-0.39, 0.29) is 35.3 Å². The van der Waals surface area contributed by atoms with Crippen molar-refractivity contribution in [1.82, 2.24) is 0 Å². The summed E-state index contributed by atoms with van der Waals surface area (Å²) in [7, 11) is 1.13. The molecule has 0 aromatic heterocycles. The van der Waals surface area contributed by atoms with Crippen LogP contribution in [0.25, 0.3) is 10.4 Å². The Morgan fingerprint density at radius 3 is 2.70 bits per heavy atom. The maximum atomic E-state index is 11.7. The van der Waals surface area contributed by atoms with Crippen LogP contribution >= 0.6 is 0 Å². The zero-order valence-electron chi connectivity index (χ0n) is 12.5. The van der Waals surface area contributed by atoms with Crippen molar-refractivity contribution < 1.29 is 24.7 Å². The number of hydrogen-bond acceptors (Lipinski definition) is 7. The van der Waals surface area contributed by atoms with E-state index >= 15 is 0 Å². The quantitative estimate of drug-likeness (QED) is 0.194. The molecule has 10 nitrogen and oxygen atoms in total. The van der Waals surface area contributed by atoms with Gasteiger partial charge in [-0.15, -0.1) is 0 Å². The van der Waals surface area contributed by atoms with E-state index in [1.165, 1.54) is 13.0 Å². The summed E-state index contributed by atoms with van der Waals surface area (Å²) in [6, 6.07) is 2.32. The fourth-order valence-corrected chi connectivity index (χ4v) is 2.02. The van der Waals surface area contributed by atoms with Crippen molar-refractivity contribution in [3.05, 3.63) is 49.4 Å². The molecule has 0 saturated heterocycles. The Hall–Kier alpha value is -2.68. The van der Waals surface area contributed by atoms with Crippen molar-refractivity contribution in [2.75, 3.05) is 13.7 Å². The first-order valence-corrected chi connectivity index (χ1v) is 6.57. The van der Waals surface area contributed by atoms with Gasteiger partial charge in [-0.05, 0) is 30.5 Å².